The molecule has 2 aliphatic heterocycles. The van der Waals surface area contributed by atoms with Gasteiger partial charge in [-0.05, 0) is 37.4 Å². The molecule has 2 aromatic carbocycles. The Bertz CT molecular complexity index is 1260. The number of benzene rings is 2. The average Bonchev–Trinajstić information content (AvgIpc) is 2.70. The van der Waals surface area contributed by atoms with Crippen LogP contribution < -0.4 is 10.3 Å². The zero-order valence-corrected chi connectivity index (χ0v) is 16.0. The summed E-state index contributed by atoms with van der Waals surface area (Å²) in [5, 5.41) is 7.74. The second-order valence-electron chi connectivity index (χ2n) is 7.05. The number of hydrogen-bond donors (Lipinski definition) is 1. The molecular formula is C19H18N4O4S. The molecule has 3 aromatic rings. The van der Waals surface area contributed by atoms with Gasteiger partial charge in [-0.25, -0.2) is 13.5 Å². The fraction of sp³-hybridized carbons (Fsp3) is 0.263. The molecule has 144 valence electrons. The lowest BCUT2D eigenvalue weighted by molar-refractivity contribution is 0.222. The first-order valence-corrected chi connectivity index (χ1v) is 10.4. The highest BCUT2D eigenvalue weighted by Crippen LogP contribution is 2.45. The maximum atomic E-state index is 13.1. The van der Waals surface area contributed by atoms with Crippen LogP contribution in [0, 0.1) is 0 Å². The van der Waals surface area contributed by atoms with Crippen molar-refractivity contribution in [3.63, 3.8) is 0 Å². The highest BCUT2D eigenvalue weighted by atomic mass is 32.2. The van der Waals surface area contributed by atoms with E-state index in [4.69, 9.17) is 4.74 Å². The number of aromatic nitrogens is 2. The standard InChI is InChI=1S/C19H18N4O4S/c1-22-7-9-23(10-8-22)28(25,26)12-5-6-15-14(11-12)18-17-13(19(24)21-20-18)3-2-4-16(17)27-15/h2-6,11H,7-10H2,1H3,(H,21,24). The van der Waals surface area contributed by atoms with E-state index in [0.717, 1.165) is 0 Å². The summed E-state index contributed by atoms with van der Waals surface area (Å²) in [7, 11) is -1.65. The summed E-state index contributed by atoms with van der Waals surface area (Å²) in [4.78, 5) is 14.4. The first-order chi connectivity index (χ1) is 13.4. The van der Waals surface area contributed by atoms with E-state index >= 15 is 0 Å². The number of rotatable bonds is 2. The molecule has 3 heterocycles. The van der Waals surface area contributed by atoms with Gasteiger partial charge >= 0.3 is 0 Å². The van der Waals surface area contributed by atoms with Crippen LogP contribution in [0.4, 0.5) is 0 Å². The molecule has 0 radical (unpaired) electrons. The molecule has 0 atom stereocenters. The van der Waals surface area contributed by atoms with Crippen molar-refractivity contribution in [1.29, 1.82) is 0 Å². The highest BCUT2D eigenvalue weighted by Gasteiger charge is 2.30. The SMILES string of the molecule is CN1CCN(S(=O)(=O)c2ccc3c(c2)-c2n[nH]c(=O)c4cccc(c24)O3)CC1. The van der Waals surface area contributed by atoms with Crippen molar-refractivity contribution in [2.45, 2.75) is 4.90 Å². The molecule has 1 fully saturated rings. The number of fused-ring (bicyclic) bond motifs is 2. The van der Waals surface area contributed by atoms with Crippen molar-refractivity contribution >= 4 is 20.8 Å². The van der Waals surface area contributed by atoms with Gasteiger partial charge in [-0.1, -0.05) is 6.07 Å². The van der Waals surface area contributed by atoms with Gasteiger partial charge in [0.1, 0.15) is 17.2 Å². The van der Waals surface area contributed by atoms with Gasteiger partial charge in [-0.15, -0.1) is 0 Å². The maximum absolute atomic E-state index is 13.1. The van der Waals surface area contributed by atoms with Crippen LogP contribution in [-0.2, 0) is 10.0 Å². The second kappa shape index (κ2) is 6.13. The summed E-state index contributed by atoms with van der Waals surface area (Å²) < 4.78 is 33.6. The van der Waals surface area contributed by atoms with Crippen molar-refractivity contribution < 1.29 is 13.2 Å². The van der Waals surface area contributed by atoms with Crippen molar-refractivity contribution in [2.24, 2.45) is 0 Å². The van der Waals surface area contributed by atoms with Crippen molar-refractivity contribution in [3.05, 3.63) is 46.8 Å². The third-order valence-corrected chi connectivity index (χ3v) is 7.20. The summed E-state index contributed by atoms with van der Waals surface area (Å²) in [5.74, 6) is 1.05. The Morgan fingerprint density at radius 2 is 1.86 bits per heavy atom. The van der Waals surface area contributed by atoms with Crippen LogP contribution in [0.3, 0.4) is 0 Å². The minimum Gasteiger partial charge on any atom is -0.456 e. The van der Waals surface area contributed by atoms with Crippen LogP contribution in [0.1, 0.15) is 0 Å². The molecule has 0 aliphatic carbocycles. The summed E-state index contributed by atoms with van der Waals surface area (Å²) in [6, 6.07) is 10.00. The zero-order valence-electron chi connectivity index (χ0n) is 15.2. The summed E-state index contributed by atoms with van der Waals surface area (Å²) in [6.07, 6.45) is 0. The fourth-order valence-electron chi connectivity index (χ4n) is 3.71. The van der Waals surface area contributed by atoms with Gasteiger partial charge in [0.15, 0.2) is 0 Å². The molecular weight excluding hydrogens is 380 g/mol. The van der Waals surface area contributed by atoms with Crippen LogP contribution in [0.2, 0.25) is 0 Å². The summed E-state index contributed by atoms with van der Waals surface area (Å²) in [5.41, 5.74) is 0.755. The van der Waals surface area contributed by atoms with Crippen LogP contribution in [0.15, 0.2) is 46.1 Å². The smallest absolute Gasteiger partial charge is 0.272 e. The van der Waals surface area contributed by atoms with E-state index in [2.05, 4.69) is 15.1 Å². The minimum absolute atomic E-state index is 0.194. The van der Waals surface area contributed by atoms with Crippen LogP contribution in [0.5, 0.6) is 11.5 Å². The first kappa shape index (κ1) is 17.4. The van der Waals surface area contributed by atoms with Crippen molar-refractivity contribution in [3.8, 4) is 22.8 Å². The van der Waals surface area contributed by atoms with Gasteiger partial charge in [0.25, 0.3) is 5.56 Å². The van der Waals surface area contributed by atoms with Gasteiger partial charge in [0.05, 0.1) is 15.7 Å². The van der Waals surface area contributed by atoms with E-state index in [9.17, 15) is 13.2 Å². The van der Waals surface area contributed by atoms with Crippen LogP contribution in [-0.4, -0.2) is 61.0 Å². The topological polar surface area (TPSA) is 95.6 Å². The van der Waals surface area contributed by atoms with E-state index in [-0.39, 0.29) is 10.5 Å². The Labute approximate surface area is 161 Å². The fourth-order valence-corrected chi connectivity index (χ4v) is 5.16. The molecule has 9 heteroatoms. The van der Waals surface area contributed by atoms with Crippen molar-refractivity contribution in [1.82, 2.24) is 19.4 Å². The molecule has 1 saturated heterocycles. The molecule has 0 spiro atoms. The average molecular weight is 398 g/mol. The highest BCUT2D eigenvalue weighted by molar-refractivity contribution is 7.89. The third kappa shape index (κ3) is 2.55. The quantitative estimate of drug-likeness (QED) is 0.551. The zero-order chi connectivity index (χ0) is 19.5. The third-order valence-electron chi connectivity index (χ3n) is 5.30. The van der Waals surface area contributed by atoms with Crippen LogP contribution >= 0.6 is 0 Å². The monoisotopic (exact) mass is 398 g/mol. The van der Waals surface area contributed by atoms with Gasteiger partial charge in [-0.2, -0.15) is 9.40 Å². The number of H-pyrrole nitrogens is 1. The number of aromatic amines is 1. The summed E-state index contributed by atoms with van der Waals surface area (Å²) in [6.45, 7) is 2.30. The molecule has 0 bridgehead atoms. The molecule has 0 unspecified atom stereocenters. The Hall–Kier alpha value is -2.75. The van der Waals surface area contributed by atoms with Gasteiger partial charge < -0.3 is 9.64 Å². The number of nitrogens with zero attached hydrogens (tertiary/aromatic N) is 3. The Morgan fingerprint density at radius 3 is 2.64 bits per heavy atom. The van der Waals surface area contributed by atoms with E-state index in [0.29, 0.717) is 59.7 Å². The van der Waals surface area contributed by atoms with E-state index in [1.165, 1.54) is 4.31 Å². The maximum Gasteiger partial charge on any atom is 0.272 e. The van der Waals surface area contributed by atoms with E-state index in [1.807, 2.05) is 7.05 Å². The number of ether oxygens (including phenoxy) is 1. The first-order valence-electron chi connectivity index (χ1n) is 8.97. The van der Waals surface area contributed by atoms with Gasteiger partial charge in [-0.3, -0.25) is 4.79 Å². The largest absolute Gasteiger partial charge is 0.456 e. The lowest BCUT2D eigenvalue weighted by Gasteiger charge is -2.31. The Kier molecular flexibility index (Phi) is 3.80. The number of hydrogen-bond acceptors (Lipinski definition) is 6. The van der Waals surface area contributed by atoms with Crippen LogP contribution in [0.25, 0.3) is 22.0 Å². The Balaban J connectivity index is 1.65. The molecule has 5 rings (SSSR count). The number of sulfonamides is 1. The molecule has 1 N–H and O–H groups in total. The molecule has 0 saturated carbocycles. The van der Waals surface area contributed by atoms with Crippen molar-refractivity contribution in [2.75, 3.05) is 33.2 Å². The predicted octanol–water partition coefficient (Wildman–Crippen LogP) is 1.63. The number of piperazine rings is 1. The second-order valence-corrected chi connectivity index (χ2v) is 8.99. The van der Waals surface area contributed by atoms with E-state index < -0.39 is 10.0 Å². The lowest BCUT2D eigenvalue weighted by Crippen LogP contribution is -2.47. The summed E-state index contributed by atoms with van der Waals surface area (Å²) >= 11 is 0. The molecule has 0 amide bonds. The molecule has 1 aromatic heterocycles. The number of nitrogens with one attached hydrogen (secondary N) is 1. The van der Waals surface area contributed by atoms with Gasteiger partial charge in [0.2, 0.25) is 10.0 Å². The molecule has 2 aliphatic rings. The lowest BCUT2D eigenvalue weighted by atomic mass is 10.0. The van der Waals surface area contributed by atoms with Gasteiger partial charge in [0, 0.05) is 31.7 Å². The minimum atomic E-state index is -3.62. The van der Waals surface area contributed by atoms with E-state index in [1.54, 1.807) is 36.4 Å². The number of likely N-dealkylation sites (N-methyl/N-ethyl adjacent to an activating group) is 1. The normalized spacial score (nSPS) is 17.3. The predicted molar refractivity (Wildman–Crippen MR) is 104 cm³/mol. The molecule has 28 heavy (non-hydrogen) atoms. The Morgan fingerprint density at radius 1 is 1.07 bits per heavy atom. The molecule has 8 nitrogen and oxygen atoms in total.